The number of amides is 3. The molecule has 0 spiro atoms. The van der Waals surface area contributed by atoms with Crippen molar-refractivity contribution in [1.29, 1.82) is 0 Å². The molecule has 2 rings (SSSR count). The Labute approximate surface area is 167 Å². The smallest absolute Gasteiger partial charge is 0.313 e. The number of anilines is 2. The highest BCUT2D eigenvalue weighted by molar-refractivity contribution is 5.96. The van der Waals surface area contributed by atoms with Crippen molar-refractivity contribution in [2.75, 3.05) is 17.2 Å². The average molecular weight is 386 g/mol. The fourth-order valence-corrected chi connectivity index (χ4v) is 2.69. The van der Waals surface area contributed by atoms with E-state index in [1.807, 2.05) is 51.1 Å². The topological polar surface area (TPSA) is 79.3 Å². The van der Waals surface area contributed by atoms with Crippen molar-refractivity contribution in [3.63, 3.8) is 0 Å². The lowest BCUT2D eigenvalue weighted by molar-refractivity contribution is -0.117. The van der Waals surface area contributed by atoms with Gasteiger partial charge in [-0.2, -0.15) is 5.10 Å². The molecule has 0 aliphatic heterocycles. The van der Waals surface area contributed by atoms with Crippen molar-refractivity contribution in [3.8, 4) is 0 Å². The summed E-state index contributed by atoms with van der Waals surface area (Å²) in [6.07, 6.45) is 0. The number of nitrogens with zero attached hydrogens (tertiary/aromatic N) is 3. The first-order valence-electron chi connectivity index (χ1n) is 9.46. The van der Waals surface area contributed by atoms with Gasteiger partial charge in [0, 0.05) is 30.3 Å². The third kappa shape index (κ3) is 5.58. The van der Waals surface area contributed by atoms with Crippen LogP contribution in [0.3, 0.4) is 0 Å². The lowest BCUT2D eigenvalue weighted by Crippen LogP contribution is -2.44. The van der Waals surface area contributed by atoms with E-state index in [-0.39, 0.29) is 29.9 Å². The summed E-state index contributed by atoms with van der Waals surface area (Å²) in [5.41, 5.74) is 2.54. The summed E-state index contributed by atoms with van der Waals surface area (Å²) in [5, 5.41) is 10.2. The Balaban J connectivity index is 2.06. The van der Waals surface area contributed by atoms with Crippen LogP contribution in [0.15, 0.2) is 30.3 Å². The van der Waals surface area contributed by atoms with Gasteiger partial charge in [0.25, 0.3) is 0 Å². The minimum absolute atomic E-state index is 0.0503. The van der Waals surface area contributed by atoms with Crippen LogP contribution in [0, 0.1) is 6.92 Å². The van der Waals surface area contributed by atoms with Gasteiger partial charge in [-0.05, 0) is 38.5 Å². The van der Waals surface area contributed by atoms with E-state index in [0.29, 0.717) is 11.5 Å². The third-order valence-corrected chi connectivity index (χ3v) is 4.38. The van der Waals surface area contributed by atoms with Crippen LogP contribution in [0.4, 0.5) is 16.3 Å². The van der Waals surface area contributed by atoms with Crippen LogP contribution in [-0.2, 0) is 17.3 Å². The van der Waals surface area contributed by atoms with Crippen LogP contribution in [0.1, 0.15) is 45.9 Å². The lowest BCUT2D eigenvalue weighted by atomic mass is 9.92. The summed E-state index contributed by atoms with van der Waals surface area (Å²) < 4.78 is 1.64. The molecule has 0 unspecified atom stereocenters. The number of carbonyl (C=O) groups excluding carboxylic acids is 2. The Morgan fingerprint density at radius 1 is 1.18 bits per heavy atom. The fourth-order valence-electron chi connectivity index (χ4n) is 2.69. The molecule has 1 aromatic heterocycles. The van der Waals surface area contributed by atoms with Crippen LogP contribution in [0.2, 0.25) is 0 Å². The molecule has 0 saturated carbocycles. The van der Waals surface area contributed by atoms with E-state index in [4.69, 9.17) is 0 Å². The maximum Gasteiger partial charge on any atom is 0.322 e. The molecule has 28 heavy (non-hydrogen) atoms. The number of urea groups is 1. The van der Waals surface area contributed by atoms with E-state index in [9.17, 15) is 9.59 Å². The van der Waals surface area contributed by atoms with Gasteiger partial charge in [0.15, 0.2) is 0 Å². The maximum absolute atomic E-state index is 12.7. The first-order chi connectivity index (χ1) is 13.0. The van der Waals surface area contributed by atoms with Crippen LogP contribution in [0.5, 0.6) is 0 Å². The Hall–Kier alpha value is -2.83. The molecule has 2 aromatic rings. The standard InChI is InChI=1S/C21H31N5O2/c1-14(2)26(20(28)22-16-10-8-9-15(3)11-16)13-19(27)23-18-12-17(21(4,5)6)24-25(18)7/h8-12,14H,13H2,1-7H3,(H,22,28)(H,23,27). The number of aromatic nitrogens is 2. The number of aryl methyl sites for hydroxylation is 2. The van der Waals surface area contributed by atoms with Gasteiger partial charge in [-0.15, -0.1) is 0 Å². The van der Waals surface area contributed by atoms with Crippen LogP contribution in [-0.4, -0.2) is 39.2 Å². The normalized spacial score (nSPS) is 11.4. The molecule has 0 aliphatic carbocycles. The Bertz CT molecular complexity index is 849. The maximum atomic E-state index is 12.7. The Morgan fingerprint density at radius 3 is 2.39 bits per heavy atom. The van der Waals surface area contributed by atoms with Crippen molar-refractivity contribution in [3.05, 3.63) is 41.6 Å². The first-order valence-corrected chi connectivity index (χ1v) is 9.46. The van der Waals surface area contributed by atoms with Gasteiger partial charge in [0.2, 0.25) is 5.91 Å². The largest absolute Gasteiger partial charge is 0.322 e. The molecule has 7 heteroatoms. The predicted molar refractivity (Wildman–Crippen MR) is 113 cm³/mol. The van der Waals surface area contributed by atoms with Crippen molar-refractivity contribution < 1.29 is 9.59 Å². The monoisotopic (exact) mass is 385 g/mol. The molecular formula is C21H31N5O2. The zero-order valence-corrected chi connectivity index (χ0v) is 17.8. The molecule has 0 radical (unpaired) electrons. The van der Waals surface area contributed by atoms with E-state index < -0.39 is 0 Å². The molecule has 0 saturated heterocycles. The van der Waals surface area contributed by atoms with Gasteiger partial charge in [-0.3, -0.25) is 9.48 Å². The zero-order valence-electron chi connectivity index (χ0n) is 17.8. The zero-order chi connectivity index (χ0) is 21.1. The van der Waals surface area contributed by atoms with Crippen molar-refractivity contribution in [2.24, 2.45) is 7.05 Å². The molecule has 152 valence electrons. The second-order valence-corrected chi connectivity index (χ2v) is 8.36. The van der Waals surface area contributed by atoms with Gasteiger partial charge in [0.05, 0.1) is 5.69 Å². The van der Waals surface area contributed by atoms with Crippen molar-refractivity contribution in [1.82, 2.24) is 14.7 Å². The van der Waals surface area contributed by atoms with Gasteiger partial charge >= 0.3 is 6.03 Å². The van der Waals surface area contributed by atoms with E-state index in [1.165, 1.54) is 4.90 Å². The molecule has 7 nitrogen and oxygen atoms in total. The minimum Gasteiger partial charge on any atom is -0.313 e. The van der Waals surface area contributed by atoms with Gasteiger partial charge in [-0.25, -0.2) is 4.79 Å². The van der Waals surface area contributed by atoms with Crippen molar-refractivity contribution in [2.45, 2.75) is 53.0 Å². The summed E-state index contributed by atoms with van der Waals surface area (Å²) >= 11 is 0. The number of rotatable bonds is 5. The molecule has 0 bridgehead atoms. The quantitative estimate of drug-likeness (QED) is 0.819. The number of nitrogens with one attached hydrogen (secondary N) is 2. The van der Waals surface area contributed by atoms with E-state index >= 15 is 0 Å². The molecule has 0 atom stereocenters. The number of benzene rings is 1. The van der Waals surface area contributed by atoms with Gasteiger partial charge in [0.1, 0.15) is 12.4 Å². The van der Waals surface area contributed by atoms with E-state index in [2.05, 4.69) is 36.5 Å². The minimum atomic E-state index is -0.309. The average Bonchev–Trinajstić information content (AvgIpc) is 2.93. The van der Waals surface area contributed by atoms with Crippen LogP contribution >= 0.6 is 0 Å². The number of carbonyl (C=O) groups is 2. The highest BCUT2D eigenvalue weighted by Crippen LogP contribution is 2.23. The Morgan fingerprint density at radius 2 is 1.86 bits per heavy atom. The molecule has 1 aromatic carbocycles. The van der Waals surface area contributed by atoms with Gasteiger partial charge in [-0.1, -0.05) is 32.9 Å². The highest BCUT2D eigenvalue weighted by atomic mass is 16.2. The SMILES string of the molecule is Cc1cccc(NC(=O)N(CC(=O)Nc2cc(C(C)(C)C)nn2C)C(C)C)c1. The molecule has 2 N–H and O–H groups in total. The third-order valence-electron chi connectivity index (χ3n) is 4.38. The summed E-state index contributed by atoms with van der Waals surface area (Å²) in [7, 11) is 1.79. The number of hydrogen-bond acceptors (Lipinski definition) is 3. The fraction of sp³-hybridized carbons (Fsp3) is 0.476. The van der Waals surface area contributed by atoms with Crippen LogP contribution < -0.4 is 10.6 Å². The molecule has 1 heterocycles. The Kier molecular flexibility index (Phi) is 6.48. The second-order valence-electron chi connectivity index (χ2n) is 8.36. The second kappa shape index (κ2) is 8.46. The van der Waals surface area contributed by atoms with Crippen LogP contribution in [0.25, 0.3) is 0 Å². The summed E-state index contributed by atoms with van der Waals surface area (Å²) in [6, 6.07) is 8.98. The van der Waals surface area contributed by atoms with E-state index in [1.54, 1.807) is 11.7 Å². The molecule has 3 amide bonds. The summed E-state index contributed by atoms with van der Waals surface area (Å²) in [6.45, 7) is 11.9. The highest BCUT2D eigenvalue weighted by Gasteiger charge is 2.23. The molecule has 0 aliphatic rings. The van der Waals surface area contributed by atoms with Gasteiger partial charge < -0.3 is 15.5 Å². The van der Waals surface area contributed by atoms with E-state index in [0.717, 1.165) is 11.3 Å². The first kappa shape index (κ1) is 21.5. The molecular weight excluding hydrogens is 354 g/mol. The lowest BCUT2D eigenvalue weighted by Gasteiger charge is -2.26. The number of hydrogen-bond donors (Lipinski definition) is 2. The predicted octanol–water partition coefficient (Wildman–Crippen LogP) is 3.91. The summed E-state index contributed by atoms with van der Waals surface area (Å²) in [4.78, 5) is 26.7. The van der Waals surface area contributed by atoms with Crippen molar-refractivity contribution >= 4 is 23.4 Å². The summed E-state index contributed by atoms with van der Waals surface area (Å²) in [5.74, 6) is 0.342. The molecule has 0 fully saturated rings.